The van der Waals surface area contributed by atoms with Gasteiger partial charge in [-0.1, -0.05) is 23.2 Å². The maximum Gasteiger partial charge on any atom is 0.0439 e. The SMILES string of the molecule is CN1CCN(C)C(C(N)Cc2cc(Cl)ccc2Cl)C1. The molecule has 1 fully saturated rings. The average Bonchev–Trinajstić information content (AvgIpc) is 2.36. The molecule has 1 heterocycles. The molecule has 0 amide bonds. The Morgan fingerprint density at radius 2 is 2.05 bits per heavy atom. The normalized spacial score (nSPS) is 23.5. The van der Waals surface area contributed by atoms with Gasteiger partial charge in [0, 0.05) is 41.8 Å². The molecule has 2 atom stereocenters. The Morgan fingerprint density at radius 3 is 2.79 bits per heavy atom. The van der Waals surface area contributed by atoms with E-state index in [4.69, 9.17) is 28.9 Å². The van der Waals surface area contributed by atoms with Gasteiger partial charge in [0.15, 0.2) is 0 Å². The van der Waals surface area contributed by atoms with E-state index in [-0.39, 0.29) is 6.04 Å². The van der Waals surface area contributed by atoms with Crippen molar-refractivity contribution in [2.75, 3.05) is 33.7 Å². The van der Waals surface area contributed by atoms with Gasteiger partial charge in [-0.3, -0.25) is 4.90 Å². The minimum atomic E-state index is 0.0590. The molecule has 0 saturated carbocycles. The predicted molar refractivity (Wildman–Crippen MR) is 82.1 cm³/mol. The first-order valence-corrected chi connectivity index (χ1v) is 7.31. The highest BCUT2D eigenvalue weighted by atomic mass is 35.5. The second-order valence-electron chi connectivity index (χ2n) is 5.41. The fourth-order valence-corrected chi connectivity index (χ4v) is 2.99. The van der Waals surface area contributed by atoms with Gasteiger partial charge in [-0.2, -0.15) is 0 Å². The first-order chi connectivity index (χ1) is 8.97. The Bertz CT molecular complexity index is 439. The first-order valence-electron chi connectivity index (χ1n) is 6.55. The molecule has 2 N–H and O–H groups in total. The number of hydrogen-bond acceptors (Lipinski definition) is 3. The lowest BCUT2D eigenvalue weighted by Crippen LogP contribution is -2.58. The highest BCUT2D eigenvalue weighted by molar-refractivity contribution is 6.33. The molecule has 19 heavy (non-hydrogen) atoms. The summed E-state index contributed by atoms with van der Waals surface area (Å²) in [5.74, 6) is 0. The first kappa shape index (κ1) is 15.1. The molecule has 1 saturated heterocycles. The van der Waals surface area contributed by atoms with Gasteiger partial charge < -0.3 is 10.6 Å². The Hall–Kier alpha value is -0.320. The Labute approximate surface area is 125 Å². The van der Waals surface area contributed by atoms with Crippen molar-refractivity contribution in [1.82, 2.24) is 9.80 Å². The van der Waals surface area contributed by atoms with Crippen LogP contribution in [-0.2, 0) is 6.42 Å². The van der Waals surface area contributed by atoms with Gasteiger partial charge in [0.2, 0.25) is 0 Å². The summed E-state index contributed by atoms with van der Waals surface area (Å²) in [6, 6.07) is 5.97. The standard InChI is InChI=1S/C14H21Cl2N3/c1-18-5-6-19(2)14(9-18)13(17)8-10-7-11(15)3-4-12(10)16/h3-4,7,13-14H,5-6,8-9,17H2,1-2H3. The van der Waals surface area contributed by atoms with Crippen LogP contribution in [-0.4, -0.2) is 55.6 Å². The fourth-order valence-electron chi connectivity index (χ4n) is 2.60. The van der Waals surface area contributed by atoms with Crippen LogP contribution in [0.15, 0.2) is 18.2 Å². The lowest BCUT2D eigenvalue weighted by molar-refractivity contribution is 0.0973. The van der Waals surface area contributed by atoms with Gasteiger partial charge in [-0.25, -0.2) is 0 Å². The Morgan fingerprint density at radius 1 is 1.32 bits per heavy atom. The molecule has 1 aromatic carbocycles. The zero-order chi connectivity index (χ0) is 14.0. The van der Waals surface area contributed by atoms with Crippen LogP contribution in [0.3, 0.4) is 0 Å². The van der Waals surface area contributed by atoms with Gasteiger partial charge in [-0.05, 0) is 44.3 Å². The molecule has 2 rings (SSSR count). The molecule has 0 radical (unpaired) electrons. The van der Waals surface area contributed by atoms with Crippen LogP contribution in [0.1, 0.15) is 5.56 Å². The van der Waals surface area contributed by atoms with E-state index < -0.39 is 0 Å². The second-order valence-corrected chi connectivity index (χ2v) is 6.26. The van der Waals surface area contributed by atoms with E-state index in [0.29, 0.717) is 11.1 Å². The molecule has 3 nitrogen and oxygen atoms in total. The van der Waals surface area contributed by atoms with Crippen molar-refractivity contribution in [3.63, 3.8) is 0 Å². The highest BCUT2D eigenvalue weighted by Gasteiger charge is 2.27. The summed E-state index contributed by atoms with van der Waals surface area (Å²) >= 11 is 12.2. The molecule has 1 aliphatic rings. The van der Waals surface area contributed by atoms with Crippen molar-refractivity contribution in [2.45, 2.75) is 18.5 Å². The van der Waals surface area contributed by atoms with E-state index in [2.05, 4.69) is 23.9 Å². The van der Waals surface area contributed by atoms with Gasteiger partial charge in [0.25, 0.3) is 0 Å². The Kier molecular flexibility index (Phi) is 5.09. The van der Waals surface area contributed by atoms with Crippen molar-refractivity contribution in [2.24, 2.45) is 5.73 Å². The largest absolute Gasteiger partial charge is 0.326 e. The molecule has 106 valence electrons. The fraction of sp³-hybridized carbons (Fsp3) is 0.571. The van der Waals surface area contributed by atoms with Crippen LogP contribution in [0.25, 0.3) is 0 Å². The lowest BCUT2D eigenvalue weighted by Gasteiger charge is -2.40. The number of halogens is 2. The van der Waals surface area contributed by atoms with Crippen LogP contribution in [0.4, 0.5) is 0 Å². The van der Waals surface area contributed by atoms with E-state index in [1.165, 1.54) is 0 Å². The van der Waals surface area contributed by atoms with Crippen molar-refractivity contribution in [3.05, 3.63) is 33.8 Å². The van der Waals surface area contributed by atoms with Gasteiger partial charge >= 0.3 is 0 Å². The van der Waals surface area contributed by atoms with E-state index in [1.807, 2.05) is 12.1 Å². The van der Waals surface area contributed by atoms with E-state index >= 15 is 0 Å². The summed E-state index contributed by atoms with van der Waals surface area (Å²) in [6.07, 6.45) is 0.752. The molecule has 0 aromatic heterocycles. The molecule has 1 aromatic rings. The van der Waals surface area contributed by atoms with E-state index in [0.717, 1.165) is 36.6 Å². The number of piperazine rings is 1. The van der Waals surface area contributed by atoms with E-state index in [1.54, 1.807) is 6.07 Å². The van der Waals surface area contributed by atoms with Crippen molar-refractivity contribution >= 4 is 23.2 Å². The molecule has 0 aliphatic carbocycles. The van der Waals surface area contributed by atoms with Crippen LogP contribution >= 0.6 is 23.2 Å². The van der Waals surface area contributed by atoms with Gasteiger partial charge in [0.05, 0.1) is 0 Å². The molecule has 5 heteroatoms. The lowest BCUT2D eigenvalue weighted by atomic mass is 9.97. The third kappa shape index (κ3) is 3.83. The van der Waals surface area contributed by atoms with Crippen LogP contribution < -0.4 is 5.73 Å². The molecular formula is C14H21Cl2N3. The predicted octanol–water partition coefficient (Wildman–Crippen LogP) is 2.11. The minimum Gasteiger partial charge on any atom is -0.326 e. The smallest absolute Gasteiger partial charge is 0.0439 e. The third-order valence-electron chi connectivity index (χ3n) is 3.86. The quantitative estimate of drug-likeness (QED) is 0.928. The number of hydrogen-bond donors (Lipinski definition) is 1. The second kappa shape index (κ2) is 6.42. The number of nitrogens with two attached hydrogens (primary N) is 1. The molecular weight excluding hydrogens is 281 g/mol. The molecule has 0 spiro atoms. The topological polar surface area (TPSA) is 32.5 Å². The van der Waals surface area contributed by atoms with Crippen LogP contribution in [0.5, 0.6) is 0 Å². The van der Waals surface area contributed by atoms with Crippen LogP contribution in [0, 0.1) is 0 Å². The summed E-state index contributed by atoms with van der Waals surface area (Å²) in [6.45, 7) is 3.14. The van der Waals surface area contributed by atoms with Gasteiger partial charge in [0.1, 0.15) is 0 Å². The minimum absolute atomic E-state index is 0.0590. The third-order valence-corrected chi connectivity index (χ3v) is 4.46. The highest BCUT2D eigenvalue weighted by Crippen LogP contribution is 2.23. The maximum absolute atomic E-state index is 6.38. The summed E-state index contributed by atoms with van der Waals surface area (Å²) in [5.41, 5.74) is 7.41. The number of benzene rings is 1. The van der Waals surface area contributed by atoms with Crippen molar-refractivity contribution < 1.29 is 0 Å². The summed E-state index contributed by atoms with van der Waals surface area (Å²) in [4.78, 5) is 4.66. The number of likely N-dealkylation sites (N-methyl/N-ethyl adjacent to an activating group) is 2. The number of rotatable bonds is 3. The van der Waals surface area contributed by atoms with E-state index in [9.17, 15) is 0 Å². The van der Waals surface area contributed by atoms with Crippen molar-refractivity contribution in [3.8, 4) is 0 Å². The summed E-state index contributed by atoms with van der Waals surface area (Å²) in [5, 5.41) is 1.45. The van der Waals surface area contributed by atoms with Crippen LogP contribution in [0.2, 0.25) is 10.0 Å². The molecule has 1 aliphatic heterocycles. The Balaban J connectivity index is 2.07. The zero-order valence-corrected chi connectivity index (χ0v) is 13.0. The average molecular weight is 302 g/mol. The monoisotopic (exact) mass is 301 g/mol. The maximum atomic E-state index is 6.38. The molecule has 0 bridgehead atoms. The van der Waals surface area contributed by atoms with Crippen molar-refractivity contribution in [1.29, 1.82) is 0 Å². The summed E-state index contributed by atoms with van der Waals surface area (Å²) < 4.78 is 0. The molecule has 2 unspecified atom stereocenters. The number of nitrogens with zero attached hydrogens (tertiary/aromatic N) is 2. The summed E-state index contributed by atoms with van der Waals surface area (Å²) in [7, 11) is 4.27. The zero-order valence-electron chi connectivity index (χ0n) is 11.4. The van der Waals surface area contributed by atoms with Gasteiger partial charge in [-0.15, -0.1) is 0 Å².